The molecule has 1 aliphatic rings. The summed E-state index contributed by atoms with van der Waals surface area (Å²) in [5.41, 5.74) is 6.06. The van der Waals surface area contributed by atoms with Crippen molar-refractivity contribution in [3.05, 3.63) is 0 Å². The van der Waals surface area contributed by atoms with E-state index in [2.05, 4.69) is 18.7 Å². The minimum absolute atomic E-state index is 0.588. The van der Waals surface area contributed by atoms with Gasteiger partial charge in [0, 0.05) is 0 Å². The van der Waals surface area contributed by atoms with Gasteiger partial charge in [-0.25, -0.2) is 0 Å². The van der Waals surface area contributed by atoms with Gasteiger partial charge in [-0.05, 0) is 57.3 Å². The van der Waals surface area contributed by atoms with Crippen LogP contribution in [0.1, 0.15) is 39.5 Å². The Balaban J connectivity index is 2.11. The smallest absolute Gasteiger partial charge is 0.00136 e. The van der Waals surface area contributed by atoms with Crippen LogP contribution in [0.3, 0.4) is 0 Å². The van der Waals surface area contributed by atoms with Crippen molar-refractivity contribution >= 4 is 0 Å². The first-order valence-electron chi connectivity index (χ1n) is 5.56. The first kappa shape index (κ1) is 11.0. The van der Waals surface area contributed by atoms with Gasteiger partial charge in [0.05, 0.1) is 0 Å². The van der Waals surface area contributed by atoms with Gasteiger partial charge in [0.25, 0.3) is 0 Å². The SMILES string of the molecule is CC1(C)CCN(CCCCN)CC1. The van der Waals surface area contributed by atoms with E-state index in [0.717, 1.165) is 6.54 Å². The summed E-state index contributed by atoms with van der Waals surface area (Å²) in [5.74, 6) is 0. The van der Waals surface area contributed by atoms with E-state index >= 15 is 0 Å². The lowest BCUT2D eigenvalue weighted by Crippen LogP contribution is -2.37. The van der Waals surface area contributed by atoms with Gasteiger partial charge in [-0.15, -0.1) is 0 Å². The second kappa shape index (κ2) is 4.97. The Morgan fingerprint density at radius 2 is 1.77 bits per heavy atom. The third-order valence-electron chi connectivity index (χ3n) is 3.14. The topological polar surface area (TPSA) is 29.3 Å². The standard InChI is InChI=1S/C11H24N2/c1-11(2)5-9-13(10-6-11)8-4-3-7-12/h3-10,12H2,1-2H3. The molecule has 0 aromatic rings. The molecule has 0 bridgehead atoms. The lowest BCUT2D eigenvalue weighted by molar-refractivity contribution is 0.131. The molecule has 2 heteroatoms. The summed E-state index contributed by atoms with van der Waals surface area (Å²) in [5, 5.41) is 0. The van der Waals surface area contributed by atoms with Gasteiger partial charge in [-0.2, -0.15) is 0 Å². The first-order valence-corrected chi connectivity index (χ1v) is 5.56. The molecule has 0 aliphatic carbocycles. The van der Waals surface area contributed by atoms with Crippen molar-refractivity contribution in [2.75, 3.05) is 26.2 Å². The molecule has 13 heavy (non-hydrogen) atoms. The fourth-order valence-corrected chi connectivity index (χ4v) is 1.86. The molecule has 1 saturated heterocycles. The molecule has 0 aromatic carbocycles. The van der Waals surface area contributed by atoms with E-state index < -0.39 is 0 Å². The first-order chi connectivity index (χ1) is 6.14. The Kier molecular flexibility index (Phi) is 4.20. The summed E-state index contributed by atoms with van der Waals surface area (Å²) in [6.45, 7) is 9.44. The predicted octanol–water partition coefficient (Wildman–Crippen LogP) is 1.85. The molecule has 1 heterocycles. The van der Waals surface area contributed by atoms with Crippen LogP contribution in [0.15, 0.2) is 0 Å². The van der Waals surface area contributed by atoms with Gasteiger partial charge >= 0.3 is 0 Å². The highest BCUT2D eigenvalue weighted by molar-refractivity contribution is 4.78. The van der Waals surface area contributed by atoms with Crippen LogP contribution < -0.4 is 5.73 Å². The number of hydrogen-bond acceptors (Lipinski definition) is 2. The number of likely N-dealkylation sites (tertiary alicyclic amines) is 1. The molecule has 0 aromatic heterocycles. The quantitative estimate of drug-likeness (QED) is 0.676. The van der Waals surface area contributed by atoms with E-state index in [0.29, 0.717) is 5.41 Å². The Morgan fingerprint density at radius 1 is 1.15 bits per heavy atom. The zero-order chi connectivity index (χ0) is 9.73. The highest BCUT2D eigenvalue weighted by Gasteiger charge is 2.24. The Bertz CT molecular complexity index is 133. The fourth-order valence-electron chi connectivity index (χ4n) is 1.86. The van der Waals surface area contributed by atoms with Crippen LogP contribution in [-0.4, -0.2) is 31.1 Å². The maximum absolute atomic E-state index is 5.47. The van der Waals surface area contributed by atoms with Gasteiger partial charge < -0.3 is 10.6 Å². The summed E-state index contributed by atoms with van der Waals surface area (Å²) in [7, 11) is 0. The molecule has 0 radical (unpaired) electrons. The molecular formula is C11H24N2. The number of nitrogens with zero attached hydrogens (tertiary/aromatic N) is 1. The number of piperidine rings is 1. The van der Waals surface area contributed by atoms with Gasteiger partial charge in [0.15, 0.2) is 0 Å². The Hall–Kier alpha value is -0.0800. The monoisotopic (exact) mass is 184 g/mol. The molecule has 0 unspecified atom stereocenters. The van der Waals surface area contributed by atoms with Crippen molar-refractivity contribution in [3.63, 3.8) is 0 Å². The van der Waals surface area contributed by atoms with Crippen LogP contribution in [0.4, 0.5) is 0 Å². The zero-order valence-electron chi connectivity index (χ0n) is 9.18. The third-order valence-corrected chi connectivity index (χ3v) is 3.14. The van der Waals surface area contributed by atoms with Crippen LogP contribution in [-0.2, 0) is 0 Å². The van der Waals surface area contributed by atoms with Crippen molar-refractivity contribution in [1.82, 2.24) is 4.90 Å². The lowest BCUT2D eigenvalue weighted by Gasteiger charge is -2.36. The zero-order valence-corrected chi connectivity index (χ0v) is 9.18. The van der Waals surface area contributed by atoms with E-state index in [1.807, 2.05) is 0 Å². The number of nitrogens with two attached hydrogens (primary N) is 1. The van der Waals surface area contributed by atoms with Gasteiger partial charge in [-0.1, -0.05) is 13.8 Å². The maximum atomic E-state index is 5.47. The summed E-state index contributed by atoms with van der Waals surface area (Å²) in [6.07, 6.45) is 5.17. The molecule has 1 fully saturated rings. The number of hydrogen-bond donors (Lipinski definition) is 1. The Morgan fingerprint density at radius 3 is 2.31 bits per heavy atom. The minimum Gasteiger partial charge on any atom is -0.330 e. The molecule has 0 atom stereocenters. The number of rotatable bonds is 4. The largest absolute Gasteiger partial charge is 0.330 e. The van der Waals surface area contributed by atoms with E-state index in [1.54, 1.807) is 0 Å². The number of unbranched alkanes of at least 4 members (excludes halogenated alkanes) is 1. The normalized spacial score (nSPS) is 23.3. The van der Waals surface area contributed by atoms with Crippen LogP contribution >= 0.6 is 0 Å². The molecule has 1 aliphatic heterocycles. The van der Waals surface area contributed by atoms with Gasteiger partial charge in [0.1, 0.15) is 0 Å². The maximum Gasteiger partial charge on any atom is -0.00136 e. The van der Waals surface area contributed by atoms with Crippen LogP contribution in [0.5, 0.6) is 0 Å². The molecular weight excluding hydrogens is 160 g/mol. The lowest BCUT2D eigenvalue weighted by atomic mass is 9.82. The summed E-state index contributed by atoms with van der Waals surface area (Å²) >= 11 is 0. The second-order valence-electron chi connectivity index (χ2n) is 5.00. The van der Waals surface area contributed by atoms with Gasteiger partial charge in [-0.3, -0.25) is 0 Å². The van der Waals surface area contributed by atoms with Gasteiger partial charge in [0.2, 0.25) is 0 Å². The highest BCUT2D eigenvalue weighted by Crippen LogP contribution is 2.29. The molecule has 0 saturated carbocycles. The van der Waals surface area contributed by atoms with Crippen molar-refractivity contribution in [1.29, 1.82) is 0 Å². The average molecular weight is 184 g/mol. The minimum atomic E-state index is 0.588. The highest BCUT2D eigenvalue weighted by atomic mass is 15.1. The fraction of sp³-hybridized carbons (Fsp3) is 1.00. The third kappa shape index (κ3) is 4.10. The van der Waals surface area contributed by atoms with E-state index in [-0.39, 0.29) is 0 Å². The summed E-state index contributed by atoms with van der Waals surface area (Å²) < 4.78 is 0. The molecule has 78 valence electrons. The van der Waals surface area contributed by atoms with Crippen LogP contribution in [0, 0.1) is 5.41 Å². The van der Waals surface area contributed by atoms with Crippen LogP contribution in [0.2, 0.25) is 0 Å². The molecule has 2 nitrogen and oxygen atoms in total. The van der Waals surface area contributed by atoms with Crippen molar-refractivity contribution in [3.8, 4) is 0 Å². The Labute approximate surface area is 82.5 Å². The molecule has 1 rings (SSSR count). The average Bonchev–Trinajstić information content (AvgIpc) is 2.08. The van der Waals surface area contributed by atoms with Crippen molar-refractivity contribution < 1.29 is 0 Å². The predicted molar refractivity (Wildman–Crippen MR) is 57.7 cm³/mol. The van der Waals surface area contributed by atoms with Crippen molar-refractivity contribution in [2.45, 2.75) is 39.5 Å². The van der Waals surface area contributed by atoms with Crippen molar-refractivity contribution in [2.24, 2.45) is 11.1 Å². The summed E-state index contributed by atoms with van der Waals surface area (Å²) in [6, 6.07) is 0. The molecule has 0 spiro atoms. The second-order valence-corrected chi connectivity index (χ2v) is 5.00. The van der Waals surface area contributed by atoms with E-state index in [9.17, 15) is 0 Å². The van der Waals surface area contributed by atoms with Crippen LogP contribution in [0.25, 0.3) is 0 Å². The molecule has 0 amide bonds. The van der Waals surface area contributed by atoms with E-state index in [4.69, 9.17) is 5.73 Å². The molecule has 2 N–H and O–H groups in total. The van der Waals surface area contributed by atoms with E-state index in [1.165, 1.54) is 45.3 Å². The summed E-state index contributed by atoms with van der Waals surface area (Å²) in [4.78, 5) is 2.58.